The molecule has 0 aliphatic carbocycles. The molecule has 0 bridgehead atoms. The van der Waals surface area contributed by atoms with Crippen molar-refractivity contribution in [3.05, 3.63) is 23.3 Å². The van der Waals surface area contributed by atoms with E-state index in [4.69, 9.17) is 5.11 Å². The van der Waals surface area contributed by atoms with Crippen molar-refractivity contribution in [2.45, 2.75) is 12.6 Å². The first-order valence-electron chi connectivity index (χ1n) is 4.44. The van der Waals surface area contributed by atoms with Crippen LogP contribution in [0.1, 0.15) is 11.1 Å². The number of hydrogen-bond donors (Lipinski definition) is 2. The number of hydrogen-bond acceptors (Lipinski definition) is 3. The van der Waals surface area contributed by atoms with Gasteiger partial charge in [-0.2, -0.15) is 13.2 Å². The molecule has 1 rings (SSSR count). The molecule has 7 heteroatoms. The first-order valence-corrected chi connectivity index (χ1v) is 4.44. The third kappa shape index (κ3) is 3.02. The highest BCUT2D eigenvalue weighted by Gasteiger charge is 2.35. The van der Waals surface area contributed by atoms with Gasteiger partial charge in [0.25, 0.3) is 0 Å². The first kappa shape index (κ1) is 13.1. The molecule has 0 heterocycles. The van der Waals surface area contributed by atoms with Crippen molar-refractivity contribution in [1.29, 1.82) is 0 Å². The summed E-state index contributed by atoms with van der Waals surface area (Å²) < 4.78 is 42.1. The Morgan fingerprint density at radius 3 is 2.41 bits per heavy atom. The minimum Gasteiger partial charge on any atom is -0.504 e. The van der Waals surface area contributed by atoms with Gasteiger partial charge in [-0.3, -0.25) is 4.79 Å². The van der Waals surface area contributed by atoms with Crippen LogP contribution in [0.5, 0.6) is 11.5 Å². The predicted octanol–water partition coefficient (Wildman–Crippen LogP) is 2.05. The molecule has 17 heavy (non-hydrogen) atoms. The van der Waals surface area contributed by atoms with Crippen LogP contribution in [0.3, 0.4) is 0 Å². The zero-order valence-corrected chi connectivity index (χ0v) is 8.71. The number of phenolic OH excluding ortho intramolecular Hbond substituents is 1. The zero-order valence-electron chi connectivity index (χ0n) is 8.71. The van der Waals surface area contributed by atoms with Gasteiger partial charge in [-0.05, 0) is 17.7 Å². The summed E-state index contributed by atoms with van der Waals surface area (Å²) in [5, 5.41) is 17.8. The van der Waals surface area contributed by atoms with Gasteiger partial charge in [-0.15, -0.1) is 0 Å². The van der Waals surface area contributed by atoms with Crippen molar-refractivity contribution < 1.29 is 32.9 Å². The number of methoxy groups -OCH3 is 1. The SMILES string of the molecule is COc1cc(CC(=O)O)cc(C(F)(F)F)c1O. The molecule has 0 aliphatic heterocycles. The molecule has 0 saturated heterocycles. The maximum absolute atomic E-state index is 12.5. The summed E-state index contributed by atoms with van der Waals surface area (Å²) in [5.41, 5.74) is -1.41. The van der Waals surface area contributed by atoms with Crippen molar-refractivity contribution >= 4 is 5.97 Å². The maximum Gasteiger partial charge on any atom is 0.420 e. The third-order valence-electron chi connectivity index (χ3n) is 2.02. The second-order valence-electron chi connectivity index (χ2n) is 3.26. The van der Waals surface area contributed by atoms with Crippen LogP contribution >= 0.6 is 0 Å². The summed E-state index contributed by atoms with van der Waals surface area (Å²) in [4.78, 5) is 10.4. The Labute approximate surface area is 94.3 Å². The van der Waals surface area contributed by atoms with E-state index in [9.17, 15) is 23.1 Å². The molecule has 0 spiro atoms. The van der Waals surface area contributed by atoms with Gasteiger partial charge in [0.05, 0.1) is 13.5 Å². The fourth-order valence-corrected chi connectivity index (χ4v) is 1.31. The quantitative estimate of drug-likeness (QED) is 0.861. The number of alkyl halides is 3. The van der Waals surface area contributed by atoms with Crippen molar-refractivity contribution in [1.82, 2.24) is 0 Å². The van der Waals surface area contributed by atoms with Gasteiger partial charge in [0.2, 0.25) is 0 Å². The second kappa shape index (κ2) is 4.52. The van der Waals surface area contributed by atoms with Crippen molar-refractivity contribution in [3.63, 3.8) is 0 Å². The Bertz CT molecular complexity index is 440. The molecule has 0 atom stereocenters. The number of carbonyl (C=O) groups is 1. The average molecular weight is 250 g/mol. The van der Waals surface area contributed by atoms with E-state index in [1.165, 1.54) is 0 Å². The van der Waals surface area contributed by atoms with Gasteiger partial charge in [0, 0.05) is 0 Å². The zero-order chi connectivity index (χ0) is 13.2. The van der Waals surface area contributed by atoms with Crippen LogP contribution in [0.15, 0.2) is 12.1 Å². The lowest BCUT2D eigenvalue weighted by molar-refractivity contribution is -0.139. The normalized spacial score (nSPS) is 11.3. The molecule has 1 aromatic carbocycles. The minimum absolute atomic E-state index is 0.0977. The molecule has 0 aliphatic rings. The van der Waals surface area contributed by atoms with E-state index in [-0.39, 0.29) is 5.56 Å². The fourth-order valence-electron chi connectivity index (χ4n) is 1.31. The number of ether oxygens (including phenoxy) is 1. The third-order valence-corrected chi connectivity index (χ3v) is 2.02. The number of rotatable bonds is 3. The van der Waals surface area contributed by atoms with E-state index in [1.54, 1.807) is 0 Å². The van der Waals surface area contributed by atoms with E-state index in [1.807, 2.05) is 0 Å². The number of benzene rings is 1. The Balaban J connectivity index is 3.33. The molecular formula is C10H9F3O4. The van der Waals surface area contributed by atoms with E-state index in [2.05, 4.69) is 4.74 Å². The Morgan fingerprint density at radius 1 is 1.41 bits per heavy atom. The molecule has 0 aromatic heterocycles. The van der Waals surface area contributed by atoms with Crippen LogP contribution in [-0.4, -0.2) is 23.3 Å². The maximum atomic E-state index is 12.5. The second-order valence-corrected chi connectivity index (χ2v) is 3.26. The largest absolute Gasteiger partial charge is 0.504 e. The summed E-state index contributed by atoms with van der Waals surface area (Å²) in [7, 11) is 1.08. The smallest absolute Gasteiger partial charge is 0.420 e. The van der Waals surface area contributed by atoms with E-state index >= 15 is 0 Å². The molecule has 0 radical (unpaired) electrons. The molecule has 0 fully saturated rings. The number of halogens is 3. The highest BCUT2D eigenvalue weighted by Crippen LogP contribution is 2.41. The van der Waals surface area contributed by atoms with Gasteiger partial charge < -0.3 is 14.9 Å². The summed E-state index contributed by atoms with van der Waals surface area (Å²) in [6.45, 7) is 0. The highest BCUT2D eigenvalue weighted by molar-refractivity contribution is 5.71. The van der Waals surface area contributed by atoms with Crippen LogP contribution < -0.4 is 4.74 Å². The summed E-state index contributed by atoms with van der Waals surface area (Å²) in [6.07, 6.45) is -5.36. The number of aliphatic carboxylic acids is 1. The van der Waals surface area contributed by atoms with Crippen LogP contribution in [0.4, 0.5) is 13.2 Å². The number of aromatic hydroxyl groups is 1. The molecule has 1 aromatic rings. The van der Waals surface area contributed by atoms with E-state index in [0.29, 0.717) is 6.07 Å². The highest BCUT2D eigenvalue weighted by atomic mass is 19.4. The standard InChI is InChI=1S/C10H9F3O4/c1-17-7-3-5(4-8(14)15)2-6(9(7)16)10(11,12)13/h2-3,16H,4H2,1H3,(H,14,15). The number of carboxylic acid groups (broad SMARTS) is 1. The molecule has 0 unspecified atom stereocenters. The minimum atomic E-state index is -4.77. The van der Waals surface area contributed by atoms with Gasteiger partial charge in [0.15, 0.2) is 11.5 Å². The van der Waals surface area contributed by atoms with Crippen LogP contribution in [0.2, 0.25) is 0 Å². The summed E-state index contributed by atoms with van der Waals surface area (Å²) >= 11 is 0. The predicted molar refractivity (Wildman–Crippen MR) is 51.0 cm³/mol. The van der Waals surface area contributed by atoms with Gasteiger partial charge >= 0.3 is 12.1 Å². The van der Waals surface area contributed by atoms with Crippen LogP contribution in [0, 0.1) is 0 Å². The van der Waals surface area contributed by atoms with Gasteiger partial charge in [-0.1, -0.05) is 0 Å². The first-order chi connectivity index (χ1) is 7.75. The van der Waals surface area contributed by atoms with E-state index in [0.717, 1.165) is 13.2 Å². The fraction of sp³-hybridized carbons (Fsp3) is 0.300. The average Bonchev–Trinajstić information content (AvgIpc) is 2.17. The lowest BCUT2D eigenvalue weighted by atomic mass is 10.1. The molecule has 4 nitrogen and oxygen atoms in total. The lowest BCUT2D eigenvalue weighted by Gasteiger charge is -2.13. The number of carboxylic acids is 1. The Hall–Kier alpha value is -1.92. The lowest BCUT2D eigenvalue weighted by Crippen LogP contribution is -2.09. The molecular weight excluding hydrogens is 241 g/mol. The molecule has 0 amide bonds. The van der Waals surface area contributed by atoms with Gasteiger partial charge in [-0.25, -0.2) is 0 Å². The Kier molecular flexibility index (Phi) is 3.50. The van der Waals surface area contributed by atoms with Crippen molar-refractivity contribution in [2.24, 2.45) is 0 Å². The van der Waals surface area contributed by atoms with Crippen molar-refractivity contribution in [3.8, 4) is 11.5 Å². The molecule has 0 saturated carbocycles. The number of phenols is 1. The van der Waals surface area contributed by atoms with Crippen LogP contribution in [0.25, 0.3) is 0 Å². The molecule has 94 valence electrons. The van der Waals surface area contributed by atoms with E-state index < -0.39 is 35.6 Å². The van der Waals surface area contributed by atoms with Gasteiger partial charge in [0.1, 0.15) is 5.56 Å². The Morgan fingerprint density at radius 2 is 2.00 bits per heavy atom. The molecule has 2 N–H and O–H groups in total. The van der Waals surface area contributed by atoms with Crippen molar-refractivity contribution in [2.75, 3.05) is 7.11 Å². The summed E-state index contributed by atoms with van der Waals surface area (Å²) in [6, 6.07) is 1.64. The van der Waals surface area contributed by atoms with Crippen LogP contribution in [-0.2, 0) is 17.4 Å². The monoisotopic (exact) mass is 250 g/mol. The summed E-state index contributed by atoms with van der Waals surface area (Å²) in [5.74, 6) is -2.73. The topological polar surface area (TPSA) is 66.8 Å².